The molecular formula is C12H17NO4. The second-order valence-electron chi connectivity index (χ2n) is 3.26. The normalized spacial score (nSPS) is 8.76. The van der Waals surface area contributed by atoms with Crippen LogP contribution >= 0.6 is 0 Å². The fraction of sp³-hybridized carbons (Fsp3) is 0.333. The van der Waals surface area contributed by atoms with Crippen LogP contribution in [-0.4, -0.2) is 24.3 Å². The van der Waals surface area contributed by atoms with E-state index < -0.39 is 12.1 Å². The molecule has 5 nitrogen and oxygen atoms in total. The lowest BCUT2D eigenvalue weighted by Gasteiger charge is -1.97. The Labute approximate surface area is 100 Å². The number of carboxylic acids is 1. The van der Waals surface area contributed by atoms with Gasteiger partial charge in [-0.05, 0) is 18.4 Å². The zero-order chi connectivity index (χ0) is 13.1. The molecule has 0 saturated heterocycles. The van der Waals surface area contributed by atoms with E-state index in [0.29, 0.717) is 0 Å². The fourth-order valence-corrected chi connectivity index (χ4v) is 1.09. The third-order valence-corrected chi connectivity index (χ3v) is 1.90. The molecule has 5 heteroatoms. The average molecular weight is 239 g/mol. The first-order valence-corrected chi connectivity index (χ1v) is 5.15. The first kappa shape index (κ1) is 15.0. The largest absolute Gasteiger partial charge is 0.481 e. The molecule has 0 aliphatic rings. The number of benzene rings is 1. The Balaban J connectivity index is 0.000000437. The Hall–Kier alpha value is -2.04. The quantitative estimate of drug-likeness (QED) is 0.838. The first-order valence-electron chi connectivity index (χ1n) is 5.15. The van der Waals surface area contributed by atoms with E-state index in [1.54, 1.807) is 0 Å². The molecule has 0 aliphatic carbocycles. The van der Waals surface area contributed by atoms with Crippen molar-refractivity contribution in [3.63, 3.8) is 0 Å². The van der Waals surface area contributed by atoms with Gasteiger partial charge in [0.1, 0.15) is 0 Å². The van der Waals surface area contributed by atoms with E-state index in [1.807, 2.05) is 30.3 Å². The molecule has 0 aliphatic heterocycles. The second kappa shape index (κ2) is 9.21. The highest BCUT2D eigenvalue weighted by Gasteiger charge is 1.96. The summed E-state index contributed by atoms with van der Waals surface area (Å²) in [6, 6.07) is 9.93. The van der Waals surface area contributed by atoms with E-state index in [2.05, 4.69) is 10.5 Å². The van der Waals surface area contributed by atoms with Crippen molar-refractivity contribution in [3.8, 4) is 0 Å². The van der Waals surface area contributed by atoms with Crippen LogP contribution in [0.4, 0.5) is 4.79 Å². The van der Waals surface area contributed by atoms with Crippen LogP contribution in [0.25, 0.3) is 0 Å². The van der Waals surface area contributed by atoms with Gasteiger partial charge in [0.15, 0.2) is 0 Å². The molecule has 0 atom stereocenters. The highest BCUT2D eigenvalue weighted by molar-refractivity contribution is 5.66. The van der Waals surface area contributed by atoms with Crippen molar-refractivity contribution in [1.82, 2.24) is 0 Å². The van der Waals surface area contributed by atoms with Crippen molar-refractivity contribution in [2.45, 2.75) is 19.3 Å². The minimum absolute atomic E-state index is 0.259. The van der Waals surface area contributed by atoms with Crippen molar-refractivity contribution in [3.05, 3.63) is 35.9 Å². The molecule has 0 fully saturated rings. The molecule has 17 heavy (non-hydrogen) atoms. The van der Waals surface area contributed by atoms with Crippen molar-refractivity contribution in [1.29, 1.82) is 0 Å². The summed E-state index contributed by atoms with van der Waals surface area (Å²) in [4.78, 5) is 19.6. The molecular weight excluding hydrogens is 222 g/mol. The number of carboxylic acid groups (broad SMARTS) is 1. The van der Waals surface area contributed by atoms with E-state index in [-0.39, 0.29) is 6.42 Å². The Bertz CT molecular complexity index is 338. The summed E-state index contributed by atoms with van der Waals surface area (Å²) in [6.07, 6.45) is 1.09. The van der Waals surface area contributed by atoms with Crippen LogP contribution in [0.2, 0.25) is 0 Å². The zero-order valence-corrected chi connectivity index (χ0v) is 9.76. The number of aryl methyl sites for hydroxylation is 1. The molecule has 94 valence electrons. The van der Waals surface area contributed by atoms with E-state index >= 15 is 0 Å². The predicted octanol–water partition coefficient (Wildman–Crippen LogP) is 1.81. The first-order chi connectivity index (χ1) is 8.06. The van der Waals surface area contributed by atoms with Gasteiger partial charge in [0.25, 0.3) is 0 Å². The number of amides is 1. The fourth-order valence-electron chi connectivity index (χ4n) is 1.09. The van der Waals surface area contributed by atoms with Crippen molar-refractivity contribution < 1.29 is 19.4 Å². The summed E-state index contributed by atoms with van der Waals surface area (Å²) in [5, 5.41) is 8.39. The number of methoxy groups -OCH3 is 1. The van der Waals surface area contributed by atoms with Crippen LogP contribution in [-0.2, 0) is 16.0 Å². The van der Waals surface area contributed by atoms with Crippen LogP contribution in [0.5, 0.6) is 0 Å². The Kier molecular flexibility index (Phi) is 8.10. The Morgan fingerprint density at radius 2 is 1.82 bits per heavy atom. The van der Waals surface area contributed by atoms with Crippen LogP contribution < -0.4 is 5.73 Å². The number of rotatable bonds is 4. The highest BCUT2D eigenvalue weighted by Crippen LogP contribution is 2.03. The number of carbonyl (C=O) groups is 2. The molecule has 0 radical (unpaired) electrons. The van der Waals surface area contributed by atoms with Gasteiger partial charge in [-0.15, -0.1) is 0 Å². The SMILES string of the molecule is COC(N)=O.O=C(O)CCCc1ccccc1. The van der Waals surface area contributed by atoms with Gasteiger partial charge in [-0.1, -0.05) is 30.3 Å². The summed E-state index contributed by atoms with van der Waals surface area (Å²) in [6.45, 7) is 0. The van der Waals surface area contributed by atoms with Crippen LogP contribution in [0, 0.1) is 0 Å². The van der Waals surface area contributed by atoms with Gasteiger partial charge in [-0.3, -0.25) is 4.79 Å². The smallest absolute Gasteiger partial charge is 0.404 e. The third kappa shape index (κ3) is 10.2. The predicted molar refractivity (Wildman–Crippen MR) is 63.6 cm³/mol. The summed E-state index contributed by atoms with van der Waals surface area (Å²) in [7, 11) is 1.22. The van der Waals surface area contributed by atoms with E-state index in [9.17, 15) is 9.59 Å². The molecule has 0 aromatic heterocycles. The number of ether oxygens (including phenoxy) is 1. The average Bonchev–Trinajstić information content (AvgIpc) is 2.30. The zero-order valence-electron chi connectivity index (χ0n) is 9.76. The number of carbonyl (C=O) groups excluding carboxylic acids is 1. The van der Waals surface area contributed by atoms with Crippen LogP contribution in [0.3, 0.4) is 0 Å². The molecule has 0 unspecified atom stereocenters. The van der Waals surface area contributed by atoms with Gasteiger partial charge < -0.3 is 15.6 Å². The van der Waals surface area contributed by atoms with Gasteiger partial charge in [-0.25, -0.2) is 4.79 Å². The highest BCUT2D eigenvalue weighted by atomic mass is 16.5. The van der Waals surface area contributed by atoms with Crippen LogP contribution in [0.1, 0.15) is 18.4 Å². The minimum Gasteiger partial charge on any atom is -0.481 e. The summed E-state index contributed by atoms with van der Waals surface area (Å²) in [5.41, 5.74) is 5.64. The molecule has 3 N–H and O–H groups in total. The molecule has 1 rings (SSSR count). The topological polar surface area (TPSA) is 89.6 Å². The molecule has 0 saturated carbocycles. The molecule has 0 spiro atoms. The monoisotopic (exact) mass is 239 g/mol. The maximum atomic E-state index is 10.2. The lowest BCUT2D eigenvalue weighted by Crippen LogP contribution is -2.08. The molecule has 1 aromatic carbocycles. The number of hydrogen-bond donors (Lipinski definition) is 2. The maximum Gasteiger partial charge on any atom is 0.404 e. The molecule has 1 amide bonds. The van der Waals surface area contributed by atoms with Gasteiger partial charge in [0.2, 0.25) is 0 Å². The lowest BCUT2D eigenvalue weighted by molar-refractivity contribution is -0.137. The van der Waals surface area contributed by atoms with Gasteiger partial charge in [0.05, 0.1) is 7.11 Å². The van der Waals surface area contributed by atoms with Crippen LogP contribution in [0.15, 0.2) is 30.3 Å². The lowest BCUT2D eigenvalue weighted by atomic mass is 10.1. The second-order valence-corrected chi connectivity index (χ2v) is 3.26. The van der Waals surface area contributed by atoms with Crippen molar-refractivity contribution in [2.24, 2.45) is 5.73 Å². The molecule has 1 aromatic rings. The van der Waals surface area contributed by atoms with E-state index in [4.69, 9.17) is 5.11 Å². The van der Waals surface area contributed by atoms with Crippen molar-refractivity contribution >= 4 is 12.1 Å². The third-order valence-electron chi connectivity index (χ3n) is 1.90. The summed E-state index contributed by atoms with van der Waals surface area (Å²) in [5.74, 6) is -0.717. The summed E-state index contributed by atoms with van der Waals surface area (Å²) < 4.78 is 3.89. The number of aliphatic carboxylic acids is 1. The minimum atomic E-state index is -0.745. The van der Waals surface area contributed by atoms with Gasteiger partial charge in [0, 0.05) is 6.42 Å². The number of primary amides is 1. The molecule has 0 bridgehead atoms. The maximum absolute atomic E-state index is 10.2. The van der Waals surface area contributed by atoms with E-state index in [1.165, 1.54) is 12.7 Å². The number of hydrogen-bond acceptors (Lipinski definition) is 3. The summed E-state index contributed by atoms with van der Waals surface area (Å²) >= 11 is 0. The molecule has 0 heterocycles. The standard InChI is InChI=1S/C10H12O2.C2H5NO2/c11-10(12)8-4-7-9-5-2-1-3-6-9;1-5-2(3)4/h1-3,5-6H,4,7-8H2,(H,11,12);1H3,(H2,3,4). The number of nitrogens with two attached hydrogens (primary N) is 1. The Morgan fingerprint density at radius 1 is 1.29 bits per heavy atom. The van der Waals surface area contributed by atoms with E-state index in [0.717, 1.165) is 12.8 Å². The van der Waals surface area contributed by atoms with Crippen molar-refractivity contribution in [2.75, 3.05) is 7.11 Å². The van der Waals surface area contributed by atoms with Gasteiger partial charge in [-0.2, -0.15) is 0 Å². The Morgan fingerprint density at radius 3 is 2.24 bits per heavy atom. The van der Waals surface area contributed by atoms with Gasteiger partial charge >= 0.3 is 12.1 Å².